The SMILES string of the molecule is COc1ccc(C(=O)NCC(=O)NN=Cc2cc(Br)cc(C)c2O)cc1OC. The van der Waals surface area contributed by atoms with Gasteiger partial charge in [-0.15, -0.1) is 0 Å². The molecule has 0 aliphatic heterocycles. The van der Waals surface area contributed by atoms with E-state index in [1.165, 1.54) is 26.5 Å². The molecule has 0 saturated heterocycles. The Bertz CT molecular complexity index is 915. The van der Waals surface area contributed by atoms with Gasteiger partial charge in [-0.2, -0.15) is 5.10 Å². The van der Waals surface area contributed by atoms with Crippen LogP contribution in [-0.2, 0) is 4.79 Å². The minimum atomic E-state index is -0.517. The average molecular weight is 450 g/mol. The molecule has 2 amide bonds. The summed E-state index contributed by atoms with van der Waals surface area (Å²) in [5.41, 5.74) is 3.73. The summed E-state index contributed by atoms with van der Waals surface area (Å²) in [5.74, 6) is 0.0186. The van der Waals surface area contributed by atoms with E-state index in [0.29, 0.717) is 28.2 Å². The van der Waals surface area contributed by atoms with E-state index in [2.05, 4.69) is 31.8 Å². The zero-order valence-electron chi connectivity index (χ0n) is 15.6. The first-order valence-corrected chi connectivity index (χ1v) is 8.96. The van der Waals surface area contributed by atoms with E-state index >= 15 is 0 Å². The maximum absolute atomic E-state index is 12.2. The molecule has 0 aromatic heterocycles. The van der Waals surface area contributed by atoms with E-state index in [1.54, 1.807) is 31.2 Å². The van der Waals surface area contributed by atoms with Crippen molar-refractivity contribution < 1.29 is 24.2 Å². The summed E-state index contributed by atoms with van der Waals surface area (Å²) in [7, 11) is 2.97. The van der Waals surface area contributed by atoms with Crippen molar-refractivity contribution in [1.82, 2.24) is 10.7 Å². The Labute approximate surface area is 170 Å². The first-order chi connectivity index (χ1) is 13.3. The third kappa shape index (κ3) is 5.46. The highest BCUT2D eigenvalue weighted by Gasteiger charge is 2.12. The Hall–Kier alpha value is -3.07. The van der Waals surface area contributed by atoms with Crippen molar-refractivity contribution in [2.24, 2.45) is 5.10 Å². The molecule has 9 heteroatoms. The van der Waals surface area contributed by atoms with Crippen molar-refractivity contribution in [3.63, 3.8) is 0 Å². The second-order valence-corrected chi connectivity index (χ2v) is 6.62. The zero-order chi connectivity index (χ0) is 20.7. The predicted molar refractivity (Wildman–Crippen MR) is 108 cm³/mol. The minimum absolute atomic E-state index is 0.0722. The fraction of sp³-hybridized carbons (Fsp3) is 0.211. The second kappa shape index (κ2) is 9.75. The standard InChI is InChI=1S/C19H20BrN3O5/c1-11-6-14(20)7-13(18(11)25)9-22-23-17(24)10-21-19(26)12-4-5-15(27-2)16(8-12)28-3/h4-9,25H,10H2,1-3H3,(H,21,26)(H,23,24). The van der Waals surface area contributed by atoms with E-state index in [1.807, 2.05) is 0 Å². The molecule has 28 heavy (non-hydrogen) atoms. The lowest BCUT2D eigenvalue weighted by atomic mass is 10.1. The van der Waals surface area contributed by atoms with Crippen LogP contribution in [0.1, 0.15) is 21.5 Å². The summed E-state index contributed by atoms with van der Waals surface area (Å²) in [6.45, 7) is 1.48. The first kappa shape index (κ1) is 21.2. The molecule has 2 aromatic carbocycles. The number of hydrogen-bond donors (Lipinski definition) is 3. The lowest BCUT2D eigenvalue weighted by Crippen LogP contribution is -2.34. The highest BCUT2D eigenvalue weighted by Crippen LogP contribution is 2.27. The summed E-state index contributed by atoms with van der Waals surface area (Å²) < 4.78 is 11.0. The molecule has 0 atom stereocenters. The zero-order valence-corrected chi connectivity index (χ0v) is 17.2. The molecule has 0 heterocycles. The summed E-state index contributed by atoms with van der Waals surface area (Å²) in [5, 5.41) is 16.2. The number of nitrogens with one attached hydrogen (secondary N) is 2. The second-order valence-electron chi connectivity index (χ2n) is 5.71. The lowest BCUT2D eigenvalue weighted by Gasteiger charge is -2.09. The Morgan fingerprint density at radius 3 is 2.57 bits per heavy atom. The maximum atomic E-state index is 12.2. The van der Waals surface area contributed by atoms with Gasteiger partial charge in [0, 0.05) is 15.6 Å². The van der Waals surface area contributed by atoms with Crippen molar-refractivity contribution in [3.8, 4) is 17.2 Å². The number of aromatic hydroxyl groups is 1. The number of nitrogens with zero attached hydrogens (tertiary/aromatic N) is 1. The molecule has 0 aliphatic rings. The highest BCUT2D eigenvalue weighted by molar-refractivity contribution is 9.10. The number of halogens is 1. The Morgan fingerprint density at radius 1 is 1.18 bits per heavy atom. The van der Waals surface area contributed by atoms with Crippen LogP contribution in [0.2, 0.25) is 0 Å². The van der Waals surface area contributed by atoms with Crippen LogP contribution in [-0.4, -0.2) is 43.9 Å². The smallest absolute Gasteiger partial charge is 0.259 e. The number of phenols is 1. The Kier molecular flexibility index (Phi) is 7.39. The number of carbonyl (C=O) groups excluding carboxylic acids is 2. The van der Waals surface area contributed by atoms with Gasteiger partial charge in [0.1, 0.15) is 5.75 Å². The quantitative estimate of drug-likeness (QED) is 0.443. The molecular formula is C19H20BrN3O5. The summed E-state index contributed by atoms with van der Waals surface area (Å²) in [4.78, 5) is 24.0. The number of ether oxygens (including phenoxy) is 2. The van der Waals surface area contributed by atoms with Crippen LogP contribution in [0.5, 0.6) is 17.2 Å². The topological polar surface area (TPSA) is 109 Å². The monoisotopic (exact) mass is 449 g/mol. The first-order valence-electron chi connectivity index (χ1n) is 8.17. The van der Waals surface area contributed by atoms with E-state index in [-0.39, 0.29) is 12.3 Å². The van der Waals surface area contributed by atoms with Crippen molar-refractivity contribution in [1.29, 1.82) is 0 Å². The molecule has 0 unspecified atom stereocenters. The summed E-state index contributed by atoms with van der Waals surface area (Å²) in [6, 6.07) is 8.10. The van der Waals surface area contributed by atoms with Crippen molar-refractivity contribution in [3.05, 3.63) is 51.5 Å². The third-order valence-corrected chi connectivity index (χ3v) is 4.20. The van der Waals surface area contributed by atoms with Gasteiger partial charge in [-0.1, -0.05) is 15.9 Å². The van der Waals surface area contributed by atoms with Gasteiger partial charge in [-0.25, -0.2) is 5.43 Å². The lowest BCUT2D eigenvalue weighted by molar-refractivity contribution is -0.120. The molecule has 8 nitrogen and oxygen atoms in total. The van der Waals surface area contributed by atoms with Crippen LogP contribution in [0.15, 0.2) is 39.9 Å². The van der Waals surface area contributed by atoms with Crippen molar-refractivity contribution in [2.75, 3.05) is 20.8 Å². The summed E-state index contributed by atoms with van der Waals surface area (Å²) in [6.07, 6.45) is 1.32. The molecule has 0 aliphatic carbocycles. The fourth-order valence-corrected chi connectivity index (χ4v) is 2.90. The largest absolute Gasteiger partial charge is 0.507 e. The molecule has 0 radical (unpaired) electrons. The van der Waals surface area contributed by atoms with Crippen LogP contribution >= 0.6 is 15.9 Å². The van der Waals surface area contributed by atoms with Crippen LogP contribution in [0.25, 0.3) is 0 Å². The summed E-state index contributed by atoms with van der Waals surface area (Å²) >= 11 is 3.33. The number of amides is 2. The molecule has 3 N–H and O–H groups in total. The Morgan fingerprint density at radius 2 is 1.89 bits per heavy atom. The van der Waals surface area contributed by atoms with Crippen LogP contribution in [0.3, 0.4) is 0 Å². The molecule has 0 bridgehead atoms. The van der Waals surface area contributed by atoms with Gasteiger partial charge in [0.25, 0.3) is 11.8 Å². The molecule has 0 saturated carbocycles. The van der Waals surface area contributed by atoms with Gasteiger partial charge in [0.15, 0.2) is 11.5 Å². The number of methoxy groups -OCH3 is 2. The van der Waals surface area contributed by atoms with Crippen LogP contribution < -0.4 is 20.2 Å². The molecule has 0 fully saturated rings. The number of benzene rings is 2. The maximum Gasteiger partial charge on any atom is 0.259 e. The van der Waals surface area contributed by atoms with E-state index in [0.717, 1.165) is 4.47 Å². The van der Waals surface area contributed by atoms with Gasteiger partial charge >= 0.3 is 0 Å². The van der Waals surface area contributed by atoms with E-state index in [4.69, 9.17) is 9.47 Å². The number of rotatable bonds is 7. The van der Waals surface area contributed by atoms with Crippen molar-refractivity contribution in [2.45, 2.75) is 6.92 Å². The number of carbonyl (C=O) groups is 2. The minimum Gasteiger partial charge on any atom is -0.507 e. The molecule has 2 rings (SSSR count). The van der Waals surface area contributed by atoms with E-state index < -0.39 is 11.8 Å². The fourth-order valence-electron chi connectivity index (χ4n) is 2.31. The highest BCUT2D eigenvalue weighted by atomic mass is 79.9. The normalized spacial score (nSPS) is 10.6. The molecule has 2 aromatic rings. The van der Waals surface area contributed by atoms with Gasteiger partial charge in [-0.05, 0) is 42.8 Å². The average Bonchev–Trinajstić information content (AvgIpc) is 2.69. The molecule has 148 valence electrons. The van der Waals surface area contributed by atoms with Gasteiger partial charge in [0.05, 0.1) is 27.0 Å². The van der Waals surface area contributed by atoms with Crippen LogP contribution in [0, 0.1) is 6.92 Å². The molecule has 0 spiro atoms. The van der Waals surface area contributed by atoms with Gasteiger partial charge in [0.2, 0.25) is 0 Å². The number of hydrogen-bond acceptors (Lipinski definition) is 6. The Balaban J connectivity index is 1.91. The van der Waals surface area contributed by atoms with Gasteiger partial charge in [-0.3, -0.25) is 9.59 Å². The van der Waals surface area contributed by atoms with Crippen LogP contribution in [0.4, 0.5) is 0 Å². The van der Waals surface area contributed by atoms with E-state index in [9.17, 15) is 14.7 Å². The van der Waals surface area contributed by atoms with Gasteiger partial charge < -0.3 is 19.9 Å². The molecular weight excluding hydrogens is 430 g/mol. The predicted octanol–water partition coefficient (Wildman–Crippen LogP) is 2.36. The number of phenolic OH excluding ortho intramolecular Hbond substituents is 1. The third-order valence-electron chi connectivity index (χ3n) is 3.74. The number of hydrazone groups is 1. The van der Waals surface area contributed by atoms with Crippen molar-refractivity contribution >= 4 is 34.0 Å². The number of aryl methyl sites for hydroxylation is 1.